The summed E-state index contributed by atoms with van der Waals surface area (Å²) in [7, 11) is 0. The van der Waals surface area contributed by atoms with Gasteiger partial charge in [0.2, 0.25) is 0 Å². The molecule has 1 amide bonds. The van der Waals surface area contributed by atoms with Crippen LogP contribution in [0.5, 0.6) is 5.75 Å². The molecule has 1 aliphatic rings. The second-order valence-electron chi connectivity index (χ2n) is 9.19. The summed E-state index contributed by atoms with van der Waals surface area (Å²) in [6.45, 7) is 7.19. The number of ether oxygens (including phenoxy) is 1. The van der Waals surface area contributed by atoms with E-state index < -0.39 is 11.6 Å². The van der Waals surface area contributed by atoms with Gasteiger partial charge in [0.25, 0.3) is 5.91 Å². The lowest BCUT2D eigenvalue weighted by atomic mass is 9.93. The van der Waals surface area contributed by atoms with Crippen LogP contribution in [-0.2, 0) is 6.61 Å². The van der Waals surface area contributed by atoms with Gasteiger partial charge in [0.15, 0.2) is 11.5 Å². The number of hydrogen-bond donors (Lipinski definition) is 1. The van der Waals surface area contributed by atoms with Gasteiger partial charge in [-0.2, -0.15) is 5.10 Å². The highest BCUT2D eigenvalue weighted by molar-refractivity contribution is 9.10. The van der Waals surface area contributed by atoms with Crippen LogP contribution < -0.4 is 10.1 Å². The van der Waals surface area contributed by atoms with Gasteiger partial charge in [0.05, 0.1) is 5.69 Å². The molecule has 5 nitrogen and oxygen atoms in total. The highest BCUT2D eigenvalue weighted by Gasteiger charge is 2.31. The van der Waals surface area contributed by atoms with Gasteiger partial charge in [-0.15, -0.1) is 0 Å². The molecule has 3 aromatic rings. The summed E-state index contributed by atoms with van der Waals surface area (Å²) in [6.07, 6.45) is 4.50. The highest BCUT2D eigenvalue weighted by atomic mass is 79.9. The van der Waals surface area contributed by atoms with Crippen molar-refractivity contribution in [1.29, 1.82) is 0 Å². The van der Waals surface area contributed by atoms with E-state index in [1.54, 1.807) is 0 Å². The first-order valence-electron chi connectivity index (χ1n) is 12.1. The summed E-state index contributed by atoms with van der Waals surface area (Å²) >= 11 is 3.44. The van der Waals surface area contributed by atoms with Gasteiger partial charge in [-0.25, -0.2) is 13.5 Å². The molecule has 8 heteroatoms. The molecule has 0 saturated carbocycles. The van der Waals surface area contributed by atoms with E-state index in [1.807, 2.05) is 18.2 Å². The summed E-state index contributed by atoms with van der Waals surface area (Å²) in [6, 6.07) is 8.81. The van der Waals surface area contributed by atoms with Gasteiger partial charge in [-0.1, -0.05) is 56.0 Å². The Morgan fingerprint density at radius 2 is 1.94 bits per heavy atom. The average molecular weight is 546 g/mol. The van der Waals surface area contributed by atoms with Crippen molar-refractivity contribution in [1.82, 2.24) is 15.1 Å². The SMILES string of the molecule is CCC(CC)CCC(C)CNC(=O)c1nn(-c2ccc(F)cc2F)c2c1COc1cc(Br)ccc1-2. The molecule has 0 radical (unpaired) electrons. The Hall–Kier alpha value is -2.74. The molecule has 0 aliphatic carbocycles. The summed E-state index contributed by atoms with van der Waals surface area (Å²) in [5.74, 6) is -0.152. The third kappa shape index (κ3) is 5.42. The molecule has 186 valence electrons. The lowest BCUT2D eigenvalue weighted by Gasteiger charge is -2.20. The minimum Gasteiger partial charge on any atom is -0.488 e. The lowest BCUT2D eigenvalue weighted by Crippen LogP contribution is -2.30. The molecule has 1 atom stereocenters. The van der Waals surface area contributed by atoms with E-state index in [0.29, 0.717) is 41.0 Å². The van der Waals surface area contributed by atoms with E-state index in [-0.39, 0.29) is 23.9 Å². The van der Waals surface area contributed by atoms with E-state index in [1.165, 1.54) is 16.8 Å². The zero-order chi connectivity index (χ0) is 25.1. The molecule has 0 saturated heterocycles. The Morgan fingerprint density at radius 1 is 1.17 bits per heavy atom. The molecule has 0 spiro atoms. The molecule has 0 fully saturated rings. The molecule has 1 aromatic heterocycles. The molecule has 2 aromatic carbocycles. The fourth-order valence-electron chi connectivity index (χ4n) is 4.50. The molecular weight excluding hydrogens is 516 g/mol. The van der Waals surface area contributed by atoms with E-state index in [0.717, 1.165) is 36.2 Å². The lowest BCUT2D eigenvalue weighted by molar-refractivity contribution is 0.0939. The van der Waals surface area contributed by atoms with Crippen LogP contribution in [0, 0.1) is 23.5 Å². The average Bonchev–Trinajstić information content (AvgIpc) is 3.22. The minimum absolute atomic E-state index is 0.0657. The molecular formula is C27H30BrF2N3O2. The number of halogens is 3. The Morgan fingerprint density at radius 3 is 2.66 bits per heavy atom. The molecule has 2 heterocycles. The molecule has 35 heavy (non-hydrogen) atoms. The quantitative estimate of drug-likeness (QED) is 0.313. The third-order valence-electron chi connectivity index (χ3n) is 6.74. The number of carbonyl (C=O) groups excluding carboxylic acids is 1. The van der Waals surface area contributed by atoms with Crippen LogP contribution in [0.3, 0.4) is 0 Å². The van der Waals surface area contributed by atoms with Gasteiger partial charge < -0.3 is 10.1 Å². The number of carbonyl (C=O) groups is 1. The maximum atomic E-state index is 14.8. The van der Waals surface area contributed by atoms with Crippen molar-refractivity contribution in [3.63, 3.8) is 0 Å². The number of rotatable bonds is 9. The zero-order valence-corrected chi connectivity index (χ0v) is 21.8. The first-order valence-corrected chi connectivity index (χ1v) is 12.9. The van der Waals surface area contributed by atoms with Crippen molar-refractivity contribution in [2.45, 2.75) is 53.1 Å². The van der Waals surface area contributed by atoms with E-state index in [2.05, 4.69) is 47.1 Å². The van der Waals surface area contributed by atoms with E-state index in [9.17, 15) is 13.6 Å². The number of nitrogens with one attached hydrogen (secondary N) is 1. The van der Waals surface area contributed by atoms with Crippen LogP contribution in [0.4, 0.5) is 8.78 Å². The van der Waals surface area contributed by atoms with Crippen LogP contribution in [0.1, 0.15) is 62.5 Å². The number of amides is 1. The van der Waals surface area contributed by atoms with Crippen LogP contribution in [0.25, 0.3) is 16.9 Å². The standard InChI is InChI=1S/C27H30BrF2N3O2/c1-4-17(5-2)7-6-16(3)14-31-27(34)25-21-15-35-24-12-18(28)8-10-20(24)26(21)33(32-25)23-11-9-19(29)13-22(23)30/h8-13,16-17H,4-7,14-15H2,1-3H3,(H,31,34). The third-order valence-corrected chi connectivity index (χ3v) is 7.23. The predicted molar refractivity (Wildman–Crippen MR) is 136 cm³/mol. The maximum Gasteiger partial charge on any atom is 0.272 e. The van der Waals surface area contributed by atoms with E-state index in [4.69, 9.17) is 4.74 Å². The largest absolute Gasteiger partial charge is 0.488 e. The predicted octanol–water partition coefficient (Wildman–Crippen LogP) is 7.05. The number of fused-ring (bicyclic) bond motifs is 3. The van der Waals surface area contributed by atoms with Gasteiger partial charge >= 0.3 is 0 Å². The molecule has 4 rings (SSSR count). The molecule has 1 unspecified atom stereocenters. The number of benzene rings is 2. The second-order valence-corrected chi connectivity index (χ2v) is 10.1. The number of aromatic nitrogens is 2. The first kappa shape index (κ1) is 25.4. The molecule has 0 bridgehead atoms. The van der Waals surface area contributed by atoms with Gasteiger partial charge in [-0.3, -0.25) is 4.79 Å². The Labute approximate surface area is 213 Å². The van der Waals surface area contributed by atoms with Crippen LogP contribution in [0.15, 0.2) is 40.9 Å². The Kier molecular flexibility index (Phi) is 7.89. The van der Waals surface area contributed by atoms with Crippen molar-refractivity contribution < 1.29 is 18.3 Å². The van der Waals surface area contributed by atoms with Gasteiger partial charge in [-0.05, 0) is 48.6 Å². The zero-order valence-electron chi connectivity index (χ0n) is 20.2. The van der Waals surface area contributed by atoms with Crippen molar-refractivity contribution in [3.8, 4) is 22.7 Å². The maximum absolute atomic E-state index is 14.8. The first-order chi connectivity index (χ1) is 16.8. The van der Waals surface area contributed by atoms with Crippen molar-refractivity contribution in [2.24, 2.45) is 11.8 Å². The second kappa shape index (κ2) is 10.9. The Bertz CT molecular complexity index is 1220. The number of nitrogens with zero attached hydrogens (tertiary/aromatic N) is 2. The summed E-state index contributed by atoms with van der Waals surface area (Å²) in [5, 5.41) is 7.50. The summed E-state index contributed by atoms with van der Waals surface area (Å²) < 4.78 is 36.5. The van der Waals surface area contributed by atoms with Crippen molar-refractivity contribution in [2.75, 3.05) is 6.54 Å². The van der Waals surface area contributed by atoms with Crippen molar-refractivity contribution >= 4 is 21.8 Å². The molecule has 1 aliphatic heterocycles. The fraction of sp³-hybridized carbons (Fsp3) is 0.407. The normalized spacial score (nSPS) is 13.2. The minimum atomic E-state index is -0.762. The van der Waals surface area contributed by atoms with Crippen LogP contribution in [-0.4, -0.2) is 22.2 Å². The molecule has 1 N–H and O–H groups in total. The smallest absolute Gasteiger partial charge is 0.272 e. The Balaban J connectivity index is 1.65. The number of hydrogen-bond acceptors (Lipinski definition) is 3. The van der Waals surface area contributed by atoms with E-state index >= 15 is 0 Å². The highest BCUT2D eigenvalue weighted by Crippen LogP contribution is 2.41. The monoisotopic (exact) mass is 545 g/mol. The van der Waals surface area contributed by atoms with Gasteiger partial charge in [0.1, 0.15) is 23.9 Å². The van der Waals surface area contributed by atoms with Crippen molar-refractivity contribution in [3.05, 3.63) is 63.8 Å². The topological polar surface area (TPSA) is 56.2 Å². The fourth-order valence-corrected chi connectivity index (χ4v) is 4.84. The summed E-state index contributed by atoms with van der Waals surface area (Å²) in [5.41, 5.74) is 2.07. The van der Waals surface area contributed by atoms with Gasteiger partial charge in [0, 0.05) is 28.2 Å². The van der Waals surface area contributed by atoms with Crippen LogP contribution >= 0.6 is 15.9 Å². The van der Waals surface area contributed by atoms with Crippen LogP contribution in [0.2, 0.25) is 0 Å². The summed E-state index contributed by atoms with van der Waals surface area (Å²) in [4.78, 5) is 13.2.